The largest absolute Gasteiger partial charge is 0.492 e. The molecule has 1 fully saturated rings. The third-order valence-corrected chi connectivity index (χ3v) is 5.88. The van der Waals surface area contributed by atoms with Gasteiger partial charge in [-0.1, -0.05) is 18.3 Å². The minimum absolute atomic E-state index is 0.136. The van der Waals surface area contributed by atoms with Crippen molar-refractivity contribution >= 4 is 16.3 Å². The second-order valence-corrected chi connectivity index (χ2v) is 7.39. The maximum absolute atomic E-state index is 10.8. The zero-order valence-corrected chi connectivity index (χ0v) is 15.5. The Balaban J connectivity index is 1.67. The number of thiazole rings is 1. The molecule has 0 amide bonds. The van der Waals surface area contributed by atoms with Crippen LogP contribution in [0.1, 0.15) is 29.4 Å². The van der Waals surface area contributed by atoms with E-state index in [1.54, 1.807) is 6.26 Å². The van der Waals surface area contributed by atoms with Crippen molar-refractivity contribution in [2.45, 2.75) is 19.4 Å². The lowest BCUT2D eigenvalue weighted by atomic mass is 10.1. The summed E-state index contributed by atoms with van der Waals surface area (Å²) in [6.45, 7) is 6.28. The lowest BCUT2D eigenvalue weighted by Crippen LogP contribution is -2.48. The fourth-order valence-corrected chi connectivity index (χ4v) is 4.54. The van der Waals surface area contributed by atoms with Gasteiger partial charge in [0, 0.05) is 39.1 Å². The molecule has 3 aromatic rings. The van der Waals surface area contributed by atoms with E-state index >= 15 is 0 Å². The van der Waals surface area contributed by atoms with Gasteiger partial charge in [0.15, 0.2) is 5.82 Å². The number of β-amino-alcohol motifs (C(OH)–C–C–N with tert-alkyl or cyclic N) is 1. The van der Waals surface area contributed by atoms with E-state index < -0.39 is 0 Å². The van der Waals surface area contributed by atoms with Crippen molar-refractivity contribution in [3.63, 3.8) is 0 Å². The number of aryl methyl sites for hydroxylation is 1. The lowest BCUT2D eigenvalue weighted by Gasteiger charge is -2.37. The molecule has 1 atom stereocenters. The van der Waals surface area contributed by atoms with Gasteiger partial charge in [0.25, 0.3) is 0 Å². The van der Waals surface area contributed by atoms with Gasteiger partial charge >= 0.3 is 0 Å². The van der Waals surface area contributed by atoms with Crippen LogP contribution in [0.4, 0.5) is 0 Å². The van der Waals surface area contributed by atoms with Crippen molar-refractivity contribution in [1.29, 1.82) is 0 Å². The van der Waals surface area contributed by atoms with Crippen molar-refractivity contribution < 1.29 is 14.6 Å². The molecule has 1 aliphatic heterocycles. The van der Waals surface area contributed by atoms with Gasteiger partial charge in [-0.05, 0) is 12.1 Å². The highest BCUT2D eigenvalue weighted by molar-refractivity contribution is 7.17. The molecular formula is C17H23N5O3S. The molecule has 0 aromatic carbocycles. The predicted molar refractivity (Wildman–Crippen MR) is 97.6 cm³/mol. The Hall–Kier alpha value is -1.94. The van der Waals surface area contributed by atoms with Crippen LogP contribution in [0.2, 0.25) is 0 Å². The number of hydrogen-bond acceptors (Lipinski definition) is 8. The van der Waals surface area contributed by atoms with Crippen LogP contribution in [-0.2, 0) is 6.42 Å². The molecule has 26 heavy (non-hydrogen) atoms. The van der Waals surface area contributed by atoms with E-state index in [0.29, 0.717) is 11.5 Å². The highest BCUT2D eigenvalue weighted by Crippen LogP contribution is 2.40. The van der Waals surface area contributed by atoms with Crippen molar-refractivity contribution in [2.24, 2.45) is 0 Å². The monoisotopic (exact) mass is 377 g/mol. The van der Waals surface area contributed by atoms with Gasteiger partial charge in [-0.2, -0.15) is 4.52 Å². The Labute approximate surface area is 155 Å². The van der Waals surface area contributed by atoms with E-state index in [9.17, 15) is 5.11 Å². The van der Waals surface area contributed by atoms with Gasteiger partial charge in [0.2, 0.25) is 10.8 Å². The number of piperazine rings is 1. The first-order valence-electron chi connectivity index (χ1n) is 8.89. The van der Waals surface area contributed by atoms with E-state index in [1.165, 1.54) is 15.9 Å². The van der Waals surface area contributed by atoms with E-state index in [2.05, 4.69) is 19.9 Å². The molecule has 2 N–H and O–H groups in total. The summed E-state index contributed by atoms with van der Waals surface area (Å²) < 4.78 is 7.22. The standard InChI is InChI=1S/C17H23N5O3S/c1-2-13-18-17-22(19-13)16(24)15(26-17)14(12-4-3-11-25-12)21-7-5-20(6-8-21)9-10-23/h3-4,11,14,23-24H,2,5-10H2,1H3/t14-/m1/s1. The first-order valence-corrected chi connectivity index (χ1v) is 9.71. The number of aromatic nitrogens is 3. The van der Waals surface area contributed by atoms with Crippen LogP contribution in [0, 0.1) is 0 Å². The van der Waals surface area contributed by atoms with Gasteiger partial charge in [-0.25, -0.2) is 4.98 Å². The summed E-state index contributed by atoms with van der Waals surface area (Å²) in [5.74, 6) is 1.66. The van der Waals surface area contributed by atoms with E-state index in [4.69, 9.17) is 9.52 Å². The molecule has 8 nitrogen and oxygen atoms in total. The second-order valence-electron chi connectivity index (χ2n) is 6.39. The fourth-order valence-electron chi connectivity index (χ4n) is 3.43. The molecular weight excluding hydrogens is 354 g/mol. The minimum Gasteiger partial charge on any atom is -0.492 e. The first kappa shape index (κ1) is 17.5. The quantitative estimate of drug-likeness (QED) is 0.670. The van der Waals surface area contributed by atoms with Crippen molar-refractivity contribution in [2.75, 3.05) is 39.3 Å². The molecule has 0 spiro atoms. The Morgan fingerprint density at radius 2 is 2.12 bits per heavy atom. The Kier molecular flexibility index (Phi) is 4.94. The molecule has 3 aromatic heterocycles. The maximum atomic E-state index is 10.8. The highest BCUT2D eigenvalue weighted by atomic mass is 32.1. The topological polar surface area (TPSA) is 90.3 Å². The Bertz CT molecular complexity index is 851. The van der Waals surface area contributed by atoms with Gasteiger partial charge < -0.3 is 14.6 Å². The summed E-state index contributed by atoms with van der Waals surface area (Å²) in [6.07, 6.45) is 2.39. The zero-order chi connectivity index (χ0) is 18.1. The normalized spacial score (nSPS) is 17.9. The van der Waals surface area contributed by atoms with Crippen molar-refractivity contribution in [1.82, 2.24) is 24.4 Å². The van der Waals surface area contributed by atoms with Gasteiger partial charge in [-0.3, -0.25) is 9.80 Å². The molecule has 1 aliphatic rings. The molecule has 1 saturated heterocycles. The predicted octanol–water partition coefficient (Wildman–Crippen LogP) is 1.35. The van der Waals surface area contributed by atoms with E-state index in [0.717, 1.165) is 49.1 Å². The fraction of sp³-hybridized carbons (Fsp3) is 0.529. The molecule has 0 saturated carbocycles. The van der Waals surface area contributed by atoms with Gasteiger partial charge in [0.05, 0.1) is 17.7 Å². The molecule has 0 bridgehead atoms. The number of rotatable bonds is 6. The minimum atomic E-state index is -0.167. The Morgan fingerprint density at radius 3 is 2.73 bits per heavy atom. The molecule has 0 radical (unpaired) electrons. The number of furan rings is 1. The molecule has 4 heterocycles. The summed E-state index contributed by atoms with van der Waals surface area (Å²) in [5, 5.41) is 24.3. The first-order chi connectivity index (χ1) is 12.7. The average molecular weight is 377 g/mol. The molecule has 0 unspecified atom stereocenters. The number of aliphatic hydroxyl groups is 1. The van der Waals surface area contributed by atoms with Crippen molar-refractivity contribution in [3.05, 3.63) is 34.9 Å². The maximum Gasteiger partial charge on any atom is 0.230 e. The average Bonchev–Trinajstić information content (AvgIpc) is 3.37. The lowest BCUT2D eigenvalue weighted by molar-refractivity contribution is 0.0883. The third kappa shape index (κ3) is 3.11. The summed E-state index contributed by atoms with van der Waals surface area (Å²) in [4.78, 5) is 10.5. The number of aliphatic hydroxyl groups excluding tert-OH is 1. The summed E-state index contributed by atoms with van der Waals surface area (Å²) in [7, 11) is 0. The van der Waals surface area contributed by atoms with E-state index in [-0.39, 0.29) is 18.5 Å². The molecule has 0 aliphatic carbocycles. The summed E-state index contributed by atoms with van der Waals surface area (Å²) in [5.41, 5.74) is 0. The number of fused-ring (bicyclic) bond motifs is 1. The van der Waals surface area contributed by atoms with Crippen LogP contribution in [0.5, 0.6) is 5.88 Å². The van der Waals surface area contributed by atoms with Crippen LogP contribution >= 0.6 is 11.3 Å². The highest BCUT2D eigenvalue weighted by Gasteiger charge is 2.33. The van der Waals surface area contributed by atoms with Crippen LogP contribution in [0.25, 0.3) is 4.96 Å². The number of aromatic hydroxyl groups is 1. The molecule has 9 heteroatoms. The number of nitrogens with zero attached hydrogens (tertiary/aromatic N) is 5. The SMILES string of the molecule is CCc1nc2sc([C@@H](c3ccco3)N3CCN(CCO)CC3)c(O)n2n1. The molecule has 4 rings (SSSR count). The molecule has 140 valence electrons. The summed E-state index contributed by atoms with van der Waals surface area (Å²) >= 11 is 1.46. The second kappa shape index (κ2) is 7.36. The van der Waals surface area contributed by atoms with Gasteiger partial charge in [0.1, 0.15) is 11.8 Å². The van der Waals surface area contributed by atoms with Crippen LogP contribution in [0.3, 0.4) is 0 Å². The summed E-state index contributed by atoms with van der Waals surface area (Å²) in [6, 6.07) is 3.64. The van der Waals surface area contributed by atoms with Crippen LogP contribution in [0.15, 0.2) is 22.8 Å². The van der Waals surface area contributed by atoms with Crippen LogP contribution in [-0.4, -0.2) is 73.9 Å². The third-order valence-electron chi connectivity index (χ3n) is 4.81. The van der Waals surface area contributed by atoms with Crippen molar-refractivity contribution in [3.8, 4) is 5.88 Å². The smallest absolute Gasteiger partial charge is 0.230 e. The van der Waals surface area contributed by atoms with Crippen LogP contribution < -0.4 is 0 Å². The Morgan fingerprint density at radius 1 is 1.31 bits per heavy atom. The van der Waals surface area contributed by atoms with Gasteiger partial charge in [-0.15, -0.1) is 5.10 Å². The van der Waals surface area contributed by atoms with E-state index in [1.807, 2.05) is 19.1 Å². The zero-order valence-electron chi connectivity index (χ0n) is 14.7. The number of hydrogen-bond donors (Lipinski definition) is 2.